The number of anilines is 2. The first kappa shape index (κ1) is 15.0. The molecule has 4 heterocycles. The van der Waals surface area contributed by atoms with Crippen LogP contribution < -0.4 is 9.80 Å². The average Bonchev–Trinajstić information content (AvgIpc) is 3.46. The van der Waals surface area contributed by atoms with E-state index in [4.69, 9.17) is 0 Å². The van der Waals surface area contributed by atoms with Gasteiger partial charge in [-0.05, 0) is 12.8 Å². The molecule has 2 fully saturated rings. The van der Waals surface area contributed by atoms with Crippen molar-refractivity contribution in [2.45, 2.75) is 18.9 Å². The minimum atomic E-state index is 0.369. The quantitative estimate of drug-likeness (QED) is 0.695. The Kier molecular flexibility index (Phi) is 3.41. The topological polar surface area (TPSA) is 99.7 Å². The predicted molar refractivity (Wildman–Crippen MR) is 94.8 cm³/mol. The Morgan fingerprint density at radius 1 is 0.885 bits per heavy atom. The fourth-order valence-corrected chi connectivity index (χ4v) is 3.46. The zero-order chi connectivity index (χ0) is 17.5. The minimum absolute atomic E-state index is 0.369. The Morgan fingerprint density at radius 2 is 1.62 bits per heavy atom. The Bertz CT molecular complexity index is 993. The van der Waals surface area contributed by atoms with Crippen LogP contribution in [-0.2, 0) is 0 Å². The van der Waals surface area contributed by atoms with Gasteiger partial charge in [0.05, 0.1) is 6.33 Å². The third-order valence-electron chi connectivity index (χ3n) is 4.94. The molecule has 0 spiro atoms. The molecule has 9 heteroatoms. The van der Waals surface area contributed by atoms with E-state index in [1.807, 2.05) is 6.33 Å². The number of piperazine rings is 1. The van der Waals surface area contributed by atoms with Crippen molar-refractivity contribution in [1.29, 1.82) is 5.26 Å². The van der Waals surface area contributed by atoms with Crippen LogP contribution in [0, 0.1) is 11.3 Å². The normalized spacial score (nSPS) is 17.5. The molecule has 130 valence electrons. The van der Waals surface area contributed by atoms with Crippen LogP contribution in [0.3, 0.4) is 0 Å². The van der Waals surface area contributed by atoms with Crippen LogP contribution in [-0.4, -0.2) is 55.7 Å². The van der Waals surface area contributed by atoms with Gasteiger partial charge < -0.3 is 14.4 Å². The maximum atomic E-state index is 9.23. The Hall–Kier alpha value is -3.28. The molecule has 1 saturated carbocycles. The monoisotopic (exact) mass is 347 g/mol. The second-order valence-electron chi connectivity index (χ2n) is 6.57. The van der Waals surface area contributed by atoms with Crippen molar-refractivity contribution in [2.24, 2.45) is 0 Å². The van der Waals surface area contributed by atoms with Gasteiger partial charge in [0.2, 0.25) is 0 Å². The molecule has 3 aromatic heterocycles. The van der Waals surface area contributed by atoms with Crippen LogP contribution in [0.5, 0.6) is 0 Å². The van der Waals surface area contributed by atoms with Gasteiger partial charge in [0.1, 0.15) is 12.4 Å². The molecule has 1 saturated heterocycles. The van der Waals surface area contributed by atoms with Crippen LogP contribution in [0.25, 0.3) is 11.2 Å². The SMILES string of the molecule is N#Cc1nccnc1N1CCN(c2ncnc3c2ncn3C2CC2)CC1. The molecule has 0 bridgehead atoms. The molecular formula is C17H17N9. The first-order valence-electron chi connectivity index (χ1n) is 8.73. The van der Waals surface area contributed by atoms with Crippen molar-refractivity contribution >= 4 is 22.8 Å². The van der Waals surface area contributed by atoms with Gasteiger partial charge >= 0.3 is 0 Å². The molecule has 0 radical (unpaired) electrons. The van der Waals surface area contributed by atoms with E-state index in [-0.39, 0.29) is 0 Å². The molecule has 2 aliphatic rings. The summed E-state index contributed by atoms with van der Waals surface area (Å²) in [6.07, 6.45) is 9.08. The van der Waals surface area contributed by atoms with Crippen LogP contribution in [0.4, 0.5) is 11.6 Å². The number of hydrogen-bond donors (Lipinski definition) is 0. The van der Waals surface area contributed by atoms with Gasteiger partial charge in [0.15, 0.2) is 28.5 Å². The number of hydrogen-bond acceptors (Lipinski definition) is 8. The molecule has 9 nitrogen and oxygen atoms in total. The summed E-state index contributed by atoms with van der Waals surface area (Å²) < 4.78 is 2.16. The molecular weight excluding hydrogens is 330 g/mol. The molecule has 3 aromatic rings. The van der Waals surface area contributed by atoms with E-state index in [0.29, 0.717) is 17.6 Å². The summed E-state index contributed by atoms with van der Waals surface area (Å²) in [7, 11) is 0. The lowest BCUT2D eigenvalue weighted by Crippen LogP contribution is -2.47. The Morgan fingerprint density at radius 3 is 2.35 bits per heavy atom. The summed E-state index contributed by atoms with van der Waals surface area (Å²) in [5.41, 5.74) is 2.15. The number of imidazole rings is 1. The number of nitriles is 1. The molecule has 0 aromatic carbocycles. The number of fused-ring (bicyclic) bond motifs is 1. The summed E-state index contributed by atoms with van der Waals surface area (Å²) in [6, 6.07) is 2.66. The van der Waals surface area contributed by atoms with Gasteiger partial charge in [0.25, 0.3) is 0 Å². The minimum Gasteiger partial charge on any atom is -0.351 e. The second kappa shape index (κ2) is 5.91. The highest BCUT2D eigenvalue weighted by atomic mass is 15.3. The van der Waals surface area contributed by atoms with Crippen molar-refractivity contribution < 1.29 is 0 Å². The smallest absolute Gasteiger partial charge is 0.183 e. The second-order valence-corrected chi connectivity index (χ2v) is 6.57. The third-order valence-corrected chi connectivity index (χ3v) is 4.94. The highest BCUT2D eigenvalue weighted by Gasteiger charge is 2.28. The number of aromatic nitrogens is 6. The van der Waals surface area contributed by atoms with Crippen molar-refractivity contribution in [1.82, 2.24) is 29.5 Å². The van der Waals surface area contributed by atoms with Crippen LogP contribution in [0.15, 0.2) is 25.0 Å². The molecule has 0 amide bonds. The highest BCUT2D eigenvalue weighted by molar-refractivity contribution is 5.83. The predicted octanol–water partition coefficient (Wildman–Crippen LogP) is 1.15. The molecule has 5 rings (SSSR count). The first-order valence-corrected chi connectivity index (χ1v) is 8.73. The van der Waals surface area contributed by atoms with E-state index < -0.39 is 0 Å². The molecule has 1 aliphatic carbocycles. The maximum Gasteiger partial charge on any atom is 0.183 e. The largest absolute Gasteiger partial charge is 0.351 e. The Labute approximate surface area is 150 Å². The van der Waals surface area contributed by atoms with E-state index in [9.17, 15) is 5.26 Å². The zero-order valence-electron chi connectivity index (χ0n) is 14.2. The van der Waals surface area contributed by atoms with E-state index in [2.05, 4.69) is 45.4 Å². The van der Waals surface area contributed by atoms with Crippen LogP contribution >= 0.6 is 0 Å². The molecule has 26 heavy (non-hydrogen) atoms. The average molecular weight is 347 g/mol. The Balaban J connectivity index is 1.39. The van der Waals surface area contributed by atoms with Gasteiger partial charge in [-0.3, -0.25) is 0 Å². The van der Waals surface area contributed by atoms with Crippen molar-refractivity contribution in [3.05, 3.63) is 30.7 Å². The number of rotatable bonds is 3. The standard InChI is InChI=1S/C17H17N9/c18-9-13-15(20-4-3-19-13)24-5-7-25(8-6-24)16-14-17(22-10-21-16)26(11-23-14)12-1-2-12/h3-4,10-12H,1-2,5-8H2. The summed E-state index contributed by atoms with van der Waals surface area (Å²) in [5, 5.41) is 9.23. The lowest BCUT2D eigenvalue weighted by Gasteiger charge is -2.36. The van der Waals surface area contributed by atoms with E-state index >= 15 is 0 Å². The fraction of sp³-hybridized carbons (Fsp3) is 0.412. The van der Waals surface area contributed by atoms with Crippen molar-refractivity contribution in [3.63, 3.8) is 0 Å². The molecule has 1 aliphatic heterocycles. The van der Waals surface area contributed by atoms with Crippen molar-refractivity contribution in [2.75, 3.05) is 36.0 Å². The van der Waals surface area contributed by atoms with E-state index in [1.54, 1.807) is 18.7 Å². The van der Waals surface area contributed by atoms with Crippen LogP contribution in [0.1, 0.15) is 24.6 Å². The van der Waals surface area contributed by atoms with Crippen LogP contribution in [0.2, 0.25) is 0 Å². The van der Waals surface area contributed by atoms with E-state index in [1.165, 1.54) is 12.8 Å². The molecule has 0 atom stereocenters. The summed E-state index contributed by atoms with van der Waals surface area (Å²) in [4.78, 5) is 26.3. The lowest BCUT2D eigenvalue weighted by atomic mass is 10.2. The summed E-state index contributed by atoms with van der Waals surface area (Å²) in [6.45, 7) is 3.07. The molecule has 0 N–H and O–H groups in total. The first-order chi connectivity index (χ1) is 12.8. The maximum absolute atomic E-state index is 9.23. The van der Waals surface area contributed by atoms with Gasteiger partial charge in [-0.2, -0.15) is 5.26 Å². The van der Waals surface area contributed by atoms with Gasteiger partial charge in [-0.15, -0.1) is 0 Å². The third kappa shape index (κ3) is 2.42. The van der Waals surface area contributed by atoms with Crippen molar-refractivity contribution in [3.8, 4) is 6.07 Å². The highest BCUT2D eigenvalue weighted by Crippen LogP contribution is 2.37. The van der Waals surface area contributed by atoms with Gasteiger partial charge in [0, 0.05) is 44.6 Å². The summed E-state index contributed by atoms with van der Waals surface area (Å²) in [5.74, 6) is 1.54. The molecule has 0 unspecified atom stereocenters. The van der Waals surface area contributed by atoms with E-state index in [0.717, 1.165) is 43.2 Å². The lowest BCUT2D eigenvalue weighted by molar-refractivity contribution is 0.640. The van der Waals surface area contributed by atoms with Gasteiger partial charge in [-0.1, -0.05) is 0 Å². The summed E-state index contributed by atoms with van der Waals surface area (Å²) >= 11 is 0. The van der Waals surface area contributed by atoms with Gasteiger partial charge in [-0.25, -0.2) is 24.9 Å². The zero-order valence-corrected chi connectivity index (χ0v) is 14.2. The fourth-order valence-electron chi connectivity index (χ4n) is 3.46. The number of nitrogens with zero attached hydrogens (tertiary/aromatic N) is 9.